The second kappa shape index (κ2) is 6.48. The highest BCUT2D eigenvalue weighted by molar-refractivity contribution is 5.86. The predicted molar refractivity (Wildman–Crippen MR) is 83.7 cm³/mol. The zero-order valence-corrected chi connectivity index (χ0v) is 13.4. The summed E-state index contributed by atoms with van der Waals surface area (Å²) in [7, 11) is 0. The summed E-state index contributed by atoms with van der Waals surface area (Å²) < 4.78 is 11.1. The van der Waals surface area contributed by atoms with Gasteiger partial charge in [0.05, 0.1) is 6.10 Å². The third kappa shape index (κ3) is 4.46. The van der Waals surface area contributed by atoms with E-state index in [0.717, 1.165) is 31.6 Å². The van der Waals surface area contributed by atoms with E-state index in [-0.39, 0.29) is 6.10 Å². The Bertz CT molecular complexity index is 505. The highest BCUT2D eigenvalue weighted by Gasteiger charge is 2.23. The van der Waals surface area contributed by atoms with E-state index in [1.165, 1.54) is 11.1 Å². The number of ether oxygens (including phenoxy) is 2. The molecule has 0 spiro atoms. The summed E-state index contributed by atoms with van der Waals surface area (Å²) in [4.78, 5) is 12.0. The van der Waals surface area contributed by atoms with Gasteiger partial charge in [-0.25, -0.2) is 4.79 Å². The smallest absolute Gasteiger partial charge is 0.412 e. The minimum atomic E-state index is -0.493. The fourth-order valence-corrected chi connectivity index (χ4v) is 2.66. The monoisotopic (exact) mass is 291 g/mol. The molecule has 0 fully saturated rings. The lowest BCUT2D eigenvalue weighted by Gasteiger charge is -2.27. The topological polar surface area (TPSA) is 47.6 Å². The number of aryl methyl sites for hydroxylation is 1. The molecule has 4 heteroatoms. The summed E-state index contributed by atoms with van der Waals surface area (Å²) in [5.74, 6) is 0. The molecule has 21 heavy (non-hydrogen) atoms. The van der Waals surface area contributed by atoms with Crippen LogP contribution in [-0.2, 0) is 22.3 Å². The number of hydrogen-bond donors (Lipinski definition) is 1. The molecule has 4 nitrogen and oxygen atoms in total. The van der Waals surface area contributed by atoms with E-state index < -0.39 is 11.7 Å². The van der Waals surface area contributed by atoms with Crippen molar-refractivity contribution in [3.05, 3.63) is 29.3 Å². The molecular formula is C17H25NO3. The van der Waals surface area contributed by atoms with Gasteiger partial charge in [-0.3, -0.25) is 5.32 Å². The SMILES string of the molecule is CCOC1CCc2cccc(NC(=O)OC(C)(C)C)c2C1. The van der Waals surface area contributed by atoms with Gasteiger partial charge in [0.1, 0.15) is 5.60 Å². The molecule has 0 heterocycles. The van der Waals surface area contributed by atoms with Gasteiger partial charge in [0.25, 0.3) is 0 Å². The highest BCUT2D eigenvalue weighted by Crippen LogP contribution is 2.29. The molecule has 0 bridgehead atoms. The normalized spacial score (nSPS) is 18.0. The average Bonchev–Trinajstić information content (AvgIpc) is 2.37. The fourth-order valence-electron chi connectivity index (χ4n) is 2.66. The van der Waals surface area contributed by atoms with Crippen LogP contribution in [0.5, 0.6) is 0 Å². The van der Waals surface area contributed by atoms with Crippen LogP contribution in [0.25, 0.3) is 0 Å². The first-order chi connectivity index (χ1) is 9.89. The number of amides is 1. The second-order valence-corrected chi connectivity index (χ2v) is 6.39. The van der Waals surface area contributed by atoms with Crippen LogP contribution in [0.1, 0.15) is 45.2 Å². The maximum atomic E-state index is 12.0. The minimum absolute atomic E-state index is 0.240. The van der Waals surface area contributed by atoms with Crippen LogP contribution < -0.4 is 5.32 Å². The lowest BCUT2D eigenvalue weighted by Crippen LogP contribution is -2.29. The van der Waals surface area contributed by atoms with Gasteiger partial charge >= 0.3 is 6.09 Å². The zero-order chi connectivity index (χ0) is 15.5. The van der Waals surface area contributed by atoms with Crippen molar-refractivity contribution in [3.63, 3.8) is 0 Å². The average molecular weight is 291 g/mol. The lowest BCUT2D eigenvalue weighted by atomic mass is 9.88. The van der Waals surface area contributed by atoms with Crippen molar-refractivity contribution >= 4 is 11.8 Å². The molecule has 0 saturated heterocycles. The Morgan fingerprint density at radius 3 is 2.81 bits per heavy atom. The Morgan fingerprint density at radius 1 is 1.38 bits per heavy atom. The quantitative estimate of drug-likeness (QED) is 0.918. The van der Waals surface area contributed by atoms with E-state index in [9.17, 15) is 4.79 Å². The van der Waals surface area contributed by atoms with Crippen molar-refractivity contribution in [2.45, 2.75) is 58.7 Å². The maximum Gasteiger partial charge on any atom is 0.412 e. The fraction of sp³-hybridized carbons (Fsp3) is 0.588. The predicted octanol–water partition coefficient (Wildman–Crippen LogP) is 3.93. The third-order valence-corrected chi connectivity index (χ3v) is 3.48. The number of rotatable bonds is 3. The van der Waals surface area contributed by atoms with E-state index in [2.05, 4.69) is 11.4 Å². The second-order valence-electron chi connectivity index (χ2n) is 6.39. The number of hydrogen-bond acceptors (Lipinski definition) is 3. The molecule has 0 radical (unpaired) electrons. The molecule has 116 valence electrons. The van der Waals surface area contributed by atoms with E-state index >= 15 is 0 Å². The van der Waals surface area contributed by atoms with E-state index in [1.54, 1.807) is 0 Å². The van der Waals surface area contributed by atoms with Crippen LogP contribution >= 0.6 is 0 Å². The van der Waals surface area contributed by atoms with Gasteiger partial charge in [-0.05, 0) is 57.7 Å². The van der Waals surface area contributed by atoms with Gasteiger partial charge in [0.15, 0.2) is 0 Å². The Kier molecular flexibility index (Phi) is 4.88. The van der Waals surface area contributed by atoms with Gasteiger partial charge in [-0.1, -0.05) is 12.1 Å². The Labute approximate surface area is 126 Å². The molecule has 1 aromatic carbocycles. The standard InChI is InChI=1S/C17H25NO3/c1-5-20-13-10-9-12-7-6-8-15(14(12)11-13)18-16(19)21-17(2,3)4/h6-8,13H,5,9-11H2,1-4H3,(H,18,19). The van der Waals surface area contributed by atoms with E-state index in [0.29, 0.717) is 0 Å². The van der Waals surface area contributed by atoms with Crippen molar-refractivity contribution in [1.29, 1.82) is 0 Å². The van der Waals surface area contributed by atoms with Crippen LogP contribution in [0, 0.1) is 0 Å². The molecule has 0 saturated carbocycles. The van der Waals surface area contributed by atoms with Gasteiger partial charge in [0, 0.05) is 18.7 Å². The van der Waals surface area contributed by atoms with Crippen LogP contribution in [0.2, 0.25) is 0 Å². The molecular weight excluding hydrogens is 266 g/mol. The molecule has 0 aromatic heterocycles. The Hall–Kier alpha value is -1.55. The van der Waals surface area contributed by atoms with Crippen LogP contribution in [0.3, 0.4) is 0 Å². The largest absolute Gasteiger partial charge is 0.444 e. The van der Waals surface area contributed by atoms with Gasteiger partial charge in [0.2, 0.25) is 0 Å². The molecule has 1 aliphatic carbocycles. The molecule has 1 atom stereocenters. The van der Waals surface area contributed by atoms with Crippen molar-refractivity contribution in [2.75, 3.05) is 11.9 Å². The third-order valence-electron chi connectivity index (χ3n) is 3.48. The highest BCUT2D eigenvalue weighted by atomic mass is 16.6. The molecule has 1 amide bonds. The van der Waals surface area contributed by atoms with E-state index in [4.69, 9.17) is 9.47 Å². The molecule has 1 N–H and O–H groups in total. The Balaban J connectivity index is 2.13. The van der Waals surface area contributed by atoms with Crippen LogP contribution in [-0.4, -0.2) is 24.4 Å². The van der Waals surface area contributed by atoms with Gasteiger partial charge in [-0.2, -0.15) is 0 Å². The molecule has 2 rings (SSSR count). The number of carbonyl (C=O) groups excluding carboxylic acids is 1. The zero-order valence-electron chi connectivity index (χ0n) is 13.4. The van der Waals surface area contributed by atoms with Crippen LogP contribution in [0.4, 0.5) is 10.5 Å². The molecule has 0 aliphatic heterocycles. The molecule has 1 aliphatic rings. The van der Waals surface area contributed by atoms with Crippen LogP contribution in [0.15, 0.2) is 18.2 Å². The van der Waals surface area contributed by atoms with E-state index in [1.807, 2.05) is 39.8 Å². The number of fused-ring (bicyclic) bond motifs is 1. The van der Waals surface area contributed by atoms with Crippen molar-refractivity contribution in [1.82, 2.24) is 0 Å². The molecule has 1 aromatic rings. The first-order valence-electron chi connectivity index (χ1n) is 7.61. The summed E-state index contributed by atoms with van der Waals surface area (Å²) in [5, 5.41) is 2.87. The summed E-state index contributed by atoms with van der Waals surface area (Å²) in [5.41, 5.74) is 2.81. The molecule has 1 unspecified atom stereocenters. The Morgan fingerprint density at radius 2 is 2.14 bits per heavy atom. The van der Waals surface area contributed by atoms with Crippen molar-refractivity contribution in [2.24, 2.45) is 0 Å². The summed E-state index contributed by atoms with van der Waals surface area (Å²) in [6.07, 6.45) is 2.70. The summed E-state index contributed by atoms with van der Waals surface area (Å²) in [6.45, 7) is 8.32. The van der Waals surface area contributed by atoms with Gasteiger partial charge in [-0.15, -0.1) is 0 Å². The van der Waals surface area contributed by atoms with Gasteiger partial charge < -0.3 is 9.47 Å². The van der Waals surface area contributed by atoms with Crippen molar-refractivity contribution in [3.8, 4) is 0 Å². The first kappa shape index (κ1) is 15.8. The number of anilines is 1. The van der Waals surface area contributed by atoms with Crippen molar-refractivity contribution < 1.29 is 14.3 Å². The minimum Gasteiger partial charge on any atom is -0.444 e. The number of nitrogens with one attached hydrogen (secondary N) is 1. The summed E-state index contributed by atoms with van der Waals surface area (Å²) in [6, 6.07) is 6.03. The number of benzene rings is 1. The maximum absolute atomic E-state index is 12.0. The number of carbonyl (C=O) groups is 1. The summed E-state index contributed by atoms with van der Waals surface area (Å²) >= 11 is 0. The first-order valence-corrected chi connectivity index (χ1v) is 7.61. The lowest BCUT2D eigenvalue weighted by molar-refractivity contribution is 0.0533.